The molecule has 90 valence electrons. The molecule has 0 aliphatic heterocycles. The largest absolute Gasteiger partial charge is 0.325 e. The van der Waals surface area contributed by atoms with Crippen LogP contribution < -0.4 is 11.1 Å². The molecule has 1 amide bonds. The fourth-order valence-corrected chi connectivity index (χ4v) is 2.52. The monoisotopic (exact) mass is 314 g/mol. The van der Waals surface area contributed by atoms with Crippen LogP contribution in [0.4, 0.5) is 5.69 Å². The highest BCUT2D eigenvalue weighted by molar-refractivity contribution is 9.10. The summed E-state index contributed by atoms with van der Waals surface area (Å²) < 4.78 is 0.768. The molecule has 1 aliphatic rings. The summed E-state index contributed by atoms with van der Waals surface area (Å²) in [6.07, 6.45) is 4.38. The standard InChI is InChI=1S/C12H12BrClN2O/c13-10-6-8(14)2-4-11(10)16-12(17)7-1-3-9(15)5-7/h1-4,6-7,9H,5,15H2,(H,16,17). The van der Waals surface area contributed by atoms with E-state index in [9.17, 15) is 4.79 Å². The summed E-state index contributed by atoms with van der Waals surface area (Å²) in [7, 11) is 0. The maximum atomic E-state index is 11.9. The number of anilines is 1. The number of benzene rings is 1. The van der Waals surface area contributed by atoms with Gasteiger partial charge in [-0.15, -0.1) is 0 Å². The van der Waals surface area contributed by atoms with Gasteiger partial charge in [-0.2, -0.15) is 0 Å². The van der Waals surface area contributed by atoms with Crippen molar-refractivity contribution >= 4 is 39.1 Å². The fourth-order valence-electron chi connectivity index (χ4n) is 1.74. The number of carbonyl (C=O) groups excluding carboxylic acids is 1. The zero-order chi connectivity index (χ0) is 12.4. The van der Waals surface area contributed by atoms with Gasteiger partial charge >= 0.3 is 0 Å². The van der Waals surface area contributed by atoms with Crippen LogP contribution in [0.3, 0.4) is 0 Å². The van der Waals surface area contributed by atoms with Crippen LogP contribution in [-0.4, -0.2) is 11.9 Å². The molecule has 2 rings (SSSR count). The summed E-state index contributed by atoms with van der Waals surface area (Å²) in [6.45, 7) is 0. The number of nitrogens with one attached hydrogen (secondary N) is 1. The van der Waals surface area contributed by atoms with Gasteiger partial charge in [-0.1, -0.05) is 23.8 Å². The molecule has 0 saturated carbocycles. The van der Waals surface area contributed by atoms with Crippen LogP contribution >= 0.6 is 27.5 Å². The highest BCUT2D eigenvalue weighted by Gasteiger charge is 2.23. The molecule has 0 bridgehead atoms. The summed E-state index contributed by atoms with van der Waals surface area (Å²) >= 11 is 9.18. The molecule has 0 fully saturated rings. The number of nitrogens with two attached hydrogens (primary N) is 1. The lowest BCUT2D eigenvalue weighted by atomic mass is 10.1. The number of hydrogen-bond donors (Lipinski definition) is 2. The predicted octanol–water partition coefficient (Wildman–Crippen LogP) is 2.94. The Morgan fingerprint density at radius 2 is 2.24 bits per heavy atom. The molecule has 2 unspecified atom stereocenters. The summed E-state index contributed by atoms with van der Waals surface area (Å²) in [6, 6.07) is 5.23. The van der Waals surface area contributed by atoms with Crippen molar-refractivity contribution in [2.24, 2.45) is 11.7 Å². The third kappa shape index (κ3) is 3.09. The molecule has 2 atom stereocenters. The van der Waals surface area contributed by atoms with E-state index in [1.807, 2.05) is 12.2 Å². The van der Waals surface area contributed by atoms with E-state index in [4.69, 9.17) is 17.3 Å². The molecule has 1 aromatic carbocycles. The second kappa shape index (κ2) is 5.21. The average Bonchev–Trinajstić information content (AvgIpc) is 2.69. The van der Waals surface area contributed by atoms with Crippen molar-refractivity contribution in [3.05, 3.63) is 39.8 Å². The first-order valence-corrected chi connectivity index (χ1v) is 6.43. The van der Waals surface area contributed by atoms with Crippen molar-refractivity contribution in [2.75, 3.05) is 5.32 Å². The molecular weight excluding hydrogens is 304 g/mol. The number of halogens is 2. The van der Waals surface area contributed by atoms with Crippen LogP contribution in [0.1, 0.15) is 6.42 Å². The van der Waals surface area contributed by atoms with E-state index < -0.39 is 0 Å². The van der Waals surface area contributed by atoms with Gasteiger partial charge in [-0.25, -0.2) is 0 Å². The van der Waals surface area contributed by atoms with Crippen LogP contribution in [0.2, 0.25) is 5.02 Å². The smallest absolute Gasteiger partial charge is 0.231 e. The Hall–Kier alpha value is -0.840. The molecule has 1 aliphatic carbocycles. The number of carbonyl (C=O) groups is 1. The van der Waals surface area contributed by atoms with Crippen LogP contribution in [0.15, 0.2) is 34.8 Å². The van der Waals surface area contributed by atoms with Gasteiger partial charge in [0.1, 0.15) is 0 Å². The molecule has 5 heteroatoms. The van der Waals surface area contributed by atoms with E-state index in [0.717, 1.165) is 4.47 Å². The molecule has 0 spiro atoms. The van der Waals surface area contributed by atoms with Crippen LogP contribution in [0.25, 0.3) is 0 Å². The summed E-state index contributed by atoms with van der Waals surface area (Å²) in [5, 5.41) is 3.47. The maximum absolute atomic E-state index is 11.9. The van der Waals surface area contributed by atoms with Crippen molar-refractivity contribution in [3.8, 4) is 0 Å². The number of amides is 1. The normalized spacial score (nSPS) is 22.8. The molecule has 0 radical (unpaired) electrons. The highest BCUT2D eigenvalue weighted by atomic mass is 79.9. The SMILES string of the molecule is NC1C=CC(C(=O)Nc2ccc(Cl)cc2Br)C1. The minimum atomic E-state index is -0.146. The van der Waals surface area contributed by atoms with Crippen molar-refractivity contribution < 1.29 is 4.79 Å². The van der Waals surface area contributed by atoms with Gasteiger partial charge in [0.15, 0.2) is 0 Å². The maximum Gasteiger partial charge on any atom is 0.231 e. The Bertz CT molecular complexity index is 476. The molecule has 3 N–H and O–H groups in total. The van der Waals surface area contributed by atoms with Crippen LogP contribution in [-0.2, 0) is 4.79 Å². The van der Waals surface area contributed by atoms with E-state index in [0.29, 0.717) is 17.1 Å². The van der Waals surface area contributed by atoms with E-state index in [-0.39, 0.29) is 17.9 Å². The van der Waals surface area contributed by atoms with Gasteiger partial charge < -0.3 is 11.1 Å². The van der Waals surface area contributed by atoms with Gasteiger partial charge in [0.05, 0.1) is 11.6 Å². The first kappa shape index (κ1) is 12.6. The molecule has 17 heavy (non-hydrogen) atoms. The van der Waals surface area contributed by atoms with E-state index in [1.165, 1.54) is 0 Å². The molecule has 0 aromatic heterocycles. The Labute approximate surface area is 113 Å². The minimum Gasteiger partial charge on any atom is -0.325 e. The van der Waals surface area contributed by atoms with Gasteiger partial charge in [-0.05, 0) is 40.5 Å². The fraction of sp³-hybridized carbons (Fsp3) is 0.250. The van der Waals surface area contributed by atoms with E-state index >= 15 is 0 Å². The third-order valence-corrected chi connectivity index (χ3v) is 3.53. The second-order valence-electron chi connectivity index (χ2n) is 4.00. The summed E-state index contributed by atoms with van der Waals surface area (Å²) in [5.41, 5.74) is 6.43. The van der Waals surface area contributed by atoms with Gasteiger partial charge in [0.25, 0.3) is 0 Å². The summed E-state index contributed by atoms with van der Waals surface area (Å²) in [5.74, 6) is -0.190. The Kier molecular flexibility index (Phi) is 3.86. The molecule has 3 nitrogen and oxygen atoms in total. The number of rotatable bonds is 2. The van der Waals surface area contributed by atoms with E-state index in [1.54, 1.807) is 18.2 Å². The van der Waals surface area contributed by atoms with Crippen LogP contribution in [0, 0.1) is 5.92 Å². The van der Waals surface area contributed by atoms with Crippen LogP contribution in [0.5, 0.6) is 0 Å². The predicted molar refractivity (Wildman–Crippen MR) is 73.0 cm³/mol. The van der Waals surface area contributed by atoms with Gasteiger partial charge in [0, 0.05) is 15.5 Å². The molecular formula is C12H12BrClN2O. The van der Waals surface area contributed by atoms with Crippen molar-refractivity contribution in [2.45, 2.75) is 12.5 Å². The lowest BCUT2D eigenvalue weighted by Gasteiger charge is -2.11. The molecule has 0 saturated heterocycles. The highest BCUT2D eigenvalue weighted by Crippen LogP contribution is 2.27. The number of hydrogen-bond acceptors (Lipinski definition) is 2. The van der Waals surface area contributed by atoms with Crippen molar-refractivity contribution in [1.82, 2.24) is 0 Å². The second-order valence-corrected chi connectivity index (χ2v) is 5.30. The Balaban J connectivity index is 2.06. The average molecular weight is 316 g/mol. The molecule has 0 heterocycles. The Morgan fingerprint density at radius 1 is 1.47 bits per heavy atom. The Morgan fingerprint density at radius 3 is 2.82 bits per heavy atom. The zero-order valence-corrected chi connectivity index (χ0v) is 11.3. The zero-order valence-electron chi connectivity index (χ0n) is 8.99. The lowest BCUT2D eigenvalue weighted by Crippen LogP contribution is -2.24. The quantitative estimate of drug-likeness (QED) is 0.824. The molecule has 1 aromatic rings. The van der Waals surface area contributed by atoms with E-state index in [2.05, 4.69) is 21.2 Å². The van der Waals surface area contributed by atoms with Crippen molar-refractivity contribution in [3.63, 3.8) is 0 Å². The topological polar surface area (TPSA) is 55.1 Å². The van der Waals surface area contributed by atoms with Crippen molar-refractivity contribution in [1.29, 1.82) is 0 Å². The van der Waals surface area contributed by atoms with Gasteiger partial charge in [-0.3, -0.25) is 4.79 Å². The van der Waals surface area contributed by atoms with Gasteiger partial charge in [0.2, 0.25) is 5.91 Å². The first-order valence-electron chi connectivity index (χ1n) is 5.26. The summed E-state index contributed by atoms with van der Waals surface area (Å²) in [4.78, 5) is 11.9. The first-order chi connectivity index (χ1) is 8.06. The lowest BCUT2D eigenvalue weighted by molar-refractivity contribution is -0.118. The third-order valence-electron chi connectivity index (χ3n) is 2.64. The minimum absolute atomic E-state index is 0.0144.